The summed E-state index contributed by atoms with van der Waals surface area (Å²) in [5.74, 6) is -0.912. The van der Waals surface area contributed by atoms with Gasteiger partial charge in [-0.1, -0.05) is 12.1 Å². The van der Waals surface area contributed by atoms with E-state index in [1.165, 1.54) is 6.07 Å². The lowest BCUT2D eigenvalue weighted by molar-refractivity contribution is -0.138. The van der Waals surface area contributed by atoms with Gasteiger partial charge in [0.1, 0.15) is 5.82 Å². The zero-order valence-electron chi connectivity index (χ0n) is 10.6. The van der Waals surface area contributed by atoms with Gasteiger partial charge in [0.2, 0.25) is 0 Å². The van der Waals surface area contributed by atoms with E-state index in [9.17, 15) is 14.0 Å². The number of nitrogens with zero attached hydrogens (tertiary/aromatic N) is 1. The minimum atomic E-state index is -0.326. The summed E-state index contributed by atoms with van der Waals surface area (Å²) in [6, 6.07) is 4.73. The third-order valence-electron chi connectivity index (χ3n) is 3.27. The van der Waals surface area contributed by atoms with Gasteiger partial charge in [-0.05, 0) is 38.0 Å². The molecule has 0 bridgehead atoms. The normalized spacial score (nSPS) is 15.9. The monoisotopic (exact) mass is 247 g/mol. The maximum absolute atomic E-state index is 13.4. The predicted octanol–water partition coefficient (Wildman–Crippen LogP) is 2.34. The molecule has 94 valence electrons. The Bertz CT molecular complexity index is 551. The molecule has 3 nitrogen and oxygen atoms in total. The van der Waals surface area contributed by atoms with Gasteiger partial charge in [-0.25, -0.2) is 4.39 Å². The van der Waals surface area contributed by atoms with E-state index in [1.54, 1.807) is 32.9 Å². The first-order valence-electron chi connectivity index (χ1n) is 5.70. The average molecular weight is 247 g/mol. The summed E-state index contributed by atoms with van der Waals surface area (Å²) in [4.78, 5) is 24.8. The molecule has 0 atom stereocenters. The van der Waals surface area contributed by atoms with Crippen LogP contribution in [0.4, 0.5) is 4.39 Å². The standard InChI is InChI=1S/C14H14FNO2/c1-8-4-5-11(6-12(8)15)7-16-13(17)9(2)10(3)14(16)18/h4-6H,7H2,1-3H3. The highest BCUT2D eigenvalue weighted by Gasteiger charge is 2.33. The Morgan fingerprint density at radius 1 is 1.06 bits per heavy atom. The number of benzene rings is 1. The van der Waals surface area contributed by atoms with Crippen LogP contribution in [0.25, 0.3) is 0 Å². The lowest BCUT2D eigenvalue weighted by atomic mass is 10.1. The fraction of sp³-hybridized carbons (Fsp3) is 0.286. The first kappa shape index (κ1) is 12.5. The van der Waals surface area contributed by atoms with E-state index < -0.39 is 0 Å². The first-order chi connectivity index (χ1) is 8.41. The molecule has 0 N–H and O–H groups in total. The summed E-state index contributed by atoms with van der Waals surface area (Å²) in [6.45, 7) is 5.04. The third-order valence-corrected chi connectivity index (χ3v) is 3.27. The molecule has 0 fully saturated rings. The van der Waals surface area contributed by atoms with Gasteiger partial charge in [-0.2, -0.15) is 0 Å². The van der Waals surface area contributed by atoms with Crippen LogP contribution in [0.15, 0.2) is 29.3 Å². The maximum atomic E-state index is 13.4. The largest absolute Gasteiger partial charge is 0.270 e. The number of carbonyl (C=O) groups excluding carboxylic acids is 2. The number of imide groups is 1. The molecule has 0 saturated heterocycles. The number of carbonyl (C=O) groups is 2. The van der Waals surface area contributed by atoms with E-state index in [2.05, 4.69) is 0 Å². The number of hydrogen-bond acceptors (Lipinski definition) is 2. The van der Waals surface area contributed by atoms with E-state index in [0.717, 1.165) is 4.90 Å². The summed E-state index contributed by atoms with van der Waals surface area (Å²) >= 11 is 0. The molecule has 1 aromatic rings. The van der Waals surface area contributed by atoms with Crippen LogP contribution in [0.3, 0.4) is 0 Å². The second-order valence-corrected chi connectivity index (χ2v) is 4.53. The zero-order valence-corrected chi connectivity index (χ0v) is 10.6. The van der Waals surface area contributed by atoms with E-state index in [4.69, 9.17) is 0 Å². The predicted molar refractivity (Wildman–Crippen MR) is 65.1 cm³/mol. The Hall–Kier alpha value is -1.97. The summed E-state index contributed by atoms with van der Waals surface area (Å²) in [5, 5.41) is 0. The van der Waals surface area contributed by atoms with Crippen LogP contribution >= 0.6 is 0 Å². The quantitative estimate of drug-likeness (QED) is 0.752. The lowest BCUT2D eigenvalue weighted by Gasteiger charge is -2.15. The molecular formula is C14H14FNO2. The van der Waals surface area contributed by atoms with Crippen LogP contribution in [0.5, 0.6) is 0 Å². The van der Waals surface area contributed by atoms with Crippen LogP contribution in [-0.4, -0.2) is 16.7 Å². The highest BCUT2D eigenvalue weighted by Crippen LogP contribution is 2.22. The van der Waals surface area contributed by atoms with E-state index >= 15 is 0 Å². The number of halogens is 1. The van der Waals surface area contributed by atoms with Crippen LogP contribution in [-0.2, 0) is 16.1 Å². The number of amides is 2. The van der Waals surface area contributed by atoms with E-state index in [-0.39, 0.29) is 24.2 Å². The zero-order chi connectivity index (χ0) is 13.4. The van der Waals surface area contributed by atoms with Crippen LogP contribution < -0.4 is 0 Å². The van der Waals surface area contributed by atoms with Gasteiger partial charge in [0.15, 0.2) is 0 Å². The number of aryl methyl sites for hydroxylation is 1. The molecule has 0 aromatic heterocycles. The van der Waals surface area contributed by atoms with Gasteiger partial charge in [0, 0.05) is 11.1 Å². The van der Waals surface area contributed by atoms with E-state index in [1.807, 2.05) is 0 Å². The van der Waals surface area contributed by atoms with Crippen molar-refractivity contribution in [3.63, 3.8) is 0 Å². The molecule has 0 saturated carbocycles. The fourth-order valence-electron chi connectivity index (χ4n) is 1.88. The topological polar surface area (TPSA) is 37.4 Å². The van der Waals surface area contributed by atoms with Crippen molar-refractivity contribution in [3.8, 4) is 0 Å². The summed E-state index contributed by atoms with van der Waals surface area (Å²) in [6.07, 6.45) is 0. The van der Waals surface area contributed by atoms with Gasteiger partial charge >= 0.3 is 0 Å². The highest BCUT2D eigenvalue weighted by molar-refractivity contribution is 6.18. The van der Waals surface area contributed by atoms with E-state index in [0.29, 0.717) is 22.3 Å². The maximum Gasteiger partial charge on any atom is 0.257 e. The fourth-order valence-corrected chi connectivity index (χ4v) is 1.88. The Morgan fingerprint density at radius 2 is 1.61 bits per heavy atom. The SMILES string of the molecule is CC1=C(C)C(=O)N(Cc2ccc(C)c(F)c2)C1=O. The van der Waals surface area contributed by atoms with Crippen molar-refractivity contribution < 1.29 is 14.0 Å². The molecule has 2 rings (SSSR count). The molecule has 1 heterocycles. The molecule has 0 spiro atoms. The second kappa shape index (κ2) is 4.37. The van der Waals surface area contributed by atoms with Gasteiger partial charge < -0.3 is 0 Å². The molecule has 0 unspecified atom stereocenters. The molecule has 4 heteroatoms. The average Bonchev–Trinajstić information content (AvgIpc) is 2.52. The van der Waals surface area contributed by atoms with Crippen molar-refractivity contribution in [3.05, 3.63) is 46.3 Å². The van der Waals surface area contributed by atoms with Gasteiger partial charge in [0.25, 0.3) is 11.8 Å². The number of hydrogen-bond donors (Lipinski definition) is 0. The molecule has 18 heavy (non-hydrogen) atoms. The minimum Gasteiger partial charge on any atom is -0.270 e. The van der Waals surface area contributed by atoms with Crippen molar-refractivity contribution in [1.29, 1.82) is 0 Å². The molecule has 1 aliphatic heterocycles. The third kappa shape index (κ3) is 1.94. The minimum absolute atomic E-state index is 0.115. The molecular weight excluding hydrogens is 233 g/mol. The smallest absolute Gasteiger partial charge is 0.257 e. The first-order valence-corrected chi connectivity index (χ1v) is 5.70. The Balaban J connectivity index is 2.24. The van der Waals surface area contributed by atoms with Crippen LogP contribution in [0.2, 0.25) is 0 Å². The van der Waals surface area contributed by atoms with Crippen molar-refractivity contribution in [2.24, 2.45) is 0 Å². The molecule has 0 aliphatic carbocycles. The van der Waals surface area contributed by atoms with Gasteiger partial charge in [-0.3, -0.25) is 14.5 Å². The van der Waals surface area contributed by atoms with Crippen LogP contribution in [0.1, 0.15) is 25.0 Å². The summed E-state index contributed by atoms with van der Waals surface area (Å²) < 4.78 is 13.4. The Morgan fingerprint density at radius 3 is 2.11 bits per heavy atom. The Labute approximate surface area is 105 Å². The molecule has 0 radical (unpaired) electrons. The highest BCUT2D eigenvalue weighted by atomic mass is 19.1. The lowest BCUT2D eigenvalue weighted by Crippen LogP contribution is -2.30. The molecule has 1 aromatic carbocycles. The van der Waals surface area contributed by atoms with Crippen LogP contribution in [0, 0.1) is 12.7 Å². The van der Waals surface area contributed by atoms with Gasteiger partial charge in [-0.15, -0.1) is 0 Å². The molecule has 1 aliphatic rings. The summed E-state index contributed by atoms with van der Waals surface area (Å²) in [7, 11) is 0. The number of rotatable bonds is 2. The second-order valence-electron chi connectivity index (χ2n) is 4.53. The Kier molecular flexibility index (Phi) is 3.03. The van der Waals surface area contributed by atoms with Crippen molar-refractivity contribution in [2.75, 3.05) is 0 Å². The van der Waals surface area contributed by atoms with Crippen molar-refractivity contribution in [2.45, 2.75) is 27.3 Å². The summed E-state index contributed by atoms with van der Waals surface area (Å²) in [5.41, 5.74) is 2.09. The van der Waals surface area contributed by atoms with Gasteiger partial charge in [0.05, 0.1) is 6.54 Å². The van der Waals surface area contributed by atoms with Crippen molar-refractivity contribution >= 4 is 11.8 Å². The van der Waals surface area contributed by atoms with Crippen molar-refractivity contribution in [1.82, 2.24) is 4.90 Å². The molecule has 2 amide bonds.